The first-order chi connectivity index (χ1) is 18.3. The molecule has 3 rings (SSSR count). The SMILES string of the molecule is S.[2H]C([2H])([2H])C([C@@H]1Cc2cc(OCCCOC)c(OC)cc2-c2c(F)c(=O)c(C(C)=O)cn21)(C([2H])([2H])[2H])C([2H])([2H])[2H]. The molecule has 8 heteroatoms. The van der Waals surface area contributed by atoms with Crippen molar-refractivity contribution >= 4 is 19.3 Å². The summed E-state index contributed by atoms with van der Waals surface area (Å²) in [6, 6.07) is 0.745. The number of aromatic nitrogens is 1. The van der Waals surface area contributed by atoms with Gasteiger partial charge in [0.25, 0.3) is 0 Å². The Balaban J connectivity index is 0.00000588. The second kappa shape index (κ2) is 10.1. The largest absolute Gasteiger partial charge is 0.493 e. The number of fused-ring (bicyclic) bond motifs is 3. The van der Waals surface area contributed by atoms with Crippen molar-refractivity contribution < 1.29 is 35.7 Å². The van der Waals surface area contributed by atoms with Gasteiger partial charge in [0.1, 0.15) is 0 Å². The highest BCUT2D eigenvalue weighted by atomic mass is 32.1. The van der Waals surface area contributed by atoms with Crippen LogP contribution in [0.2, 0.25) is 0 Å². The highest BCUT2D eigenvalue weighted by Crippen LogP contribution is 2.46. The van der Waals surface area contributed by atoms with Gasteiger partial charge in [-0.15, -0.1) is 0 Å². The van der Waals surface area contributed by atoms with Crippen molar-refractivity contribution in [1.29, 1.82) is 0 Å². The number of hydrogen-bond acceptors (Lipinski definition) is 5. The normalized spacial score (nSPS) is 20.1. The second-order valence-electron chi connectivity index (χ2n) is 7.38. The van der Waals surface area contributed by atoms with E-state index in [0.717, 1.165) is 17.7 Å². The Morgan fingerprint density at radius 2 is 1.97 bits per heavy atom. The molecule has 0 spiro atoms. The molecule has 0 radical (unpaired) electrons. The summed E-state index contributed by atoms with van der Waals surface area (Å²) in [6.45, 7) is -9.37. The van der Waals surface area contributed by atoms with Gasteiger partial charge in [0.15, 0.2) is 23.1 Å². The molecule has 0 fully saturated rings. The molecule has 1 aliphatic heterocycles. The number of carbonyl (C=O) groups excluding carboxylic acids is 1. The Bertz CT molecular complexity index is 1320. The van der Waals surface area contributed by atoms with E-state index < -0.39 is 66.7 Å². The lowest BCUT2D eigenvalue weighted by Crippen LogP contribution is -2.34. The molecule has 0 saturated heterocycles. The first kappa shape index (κ1) is 15.5. The van der Waals surface area contributed by atoms with Crippen LogP contribution in [0.15, 0.2) is 23.1 Å². The molecule has 6 nitrogen and oxygen atoms in total. The van der Waals surface area contributed by atoms with Gasteiger partial charge in [-0.25, -0.2) is 4.39 Å². The van der Waals surface area contributed by atoms with Crippen molar-refractivity contribution in [3.63, 3.8) is 0 Å². The number of methoxy groups -OCH3 is 2. The van der Waals surface area contributed by atoms with Crippen molar-refractivity contribution in [3.05, 3.63) is 45.5 Å². The molecule has 1 aliphatic rings. The van der Waals surface area contributed by atoms with Gasteiger partial charge in [0.2, 0.25) is 5.43 Å². The van der Waals surface area contributed by atoms with Crippen LogP contribution in [0.1, 0.15) is 68.2 Å². The Labute approximate surface area is 207 Å². The average molecular weight is 475 g/mol. The highest BCUT2D eigenvalue weighted by molar-refractivity contribution is 7.59. The molecule has 0 saturated carbocycles. The molecule has 32 heavy (non-hydrogen) atoms. The first-order valence-corrected chi connectivity index (χ1v) is 9.63. The summed E-state index contributed by atoms with van der Waals surface area (Å²) in [5.74, 6) is -2.07. The van der Waals surface area contributed by atoms with Crippen LogP contribution in [0.25, 0.3) is 11.3 Å². The molecule has 0 aliphatic carbocycles. The molecule has 0 bridgehead atoms. The van der Waals surface area contributed by atoms with E-state index in [4.69, 9.17) is 26.5 Å². The number of nitrogens with zero attached hydrogens (tertiary/aromatic N) is 1. The summed E-state index contributed by atoms with van der Waals surface area (Å²) in [7, 11) is 2.83. The fourth-order valence-corrected chi connectivity index (χ4v) is 3.67. The molecule has 1 aromatic carbocycles. The molecule has 0 unspecified atom stereocenters. The third-order valence-corrected chi connectivity index (χ3v) is 5.20. The number of ether oxygens (including phenoxy) is 3. The number of Topliss-reactive ketones (excluding diaryl/α,β-unsaturated/α-hetero) is 1. The zero-order chi connectivity index (χ0) is 30.4. The second-order valence-corrected chi connectivity index (χ2v) is 7.38. The summed E-state index contributed by atoms with van der Waals surface area (Å²) in [5, 5.41) is 0. The van der Waals surface area contributed by atoms with Crippen LogP contribution < -0.4 is 14.9 Å². The number of rotatable bonds is 7. The van der Waals surface area contributed by atoms with E-state index in [1.54, 1.807) is 0 Å². The zero-order valence-electron chi connectivity index (χ0n) is 27.0. The number of ketones is 1. The van der Waals surface area contributed by atoms with Crippen LogP contribution in [0, 0.1) is 11.2 Å². The molecule has 176 valence electrons. The van der Waals surface area contributed by atoms with E-state index >= 15 is 4.39 Å². The summed E-state index contributed by atoms with van der Waals surface area (Å²) in [5.41, 5.74) is -5.83. The topological polar surface area (TPSA) is 66.8 Å². The van der Waals surface area contributed by atoms with Crippen LogP contribution in [0.4, 0.5) is 4.39 Å². The standard InChI is InChI=1S/C24H30FNO5.H2S/c1-14(27)17-13-26-20(24(2,3)4)11-15-10-19(31-9-7-8-29-5)18(30-6)12-16(15)22(26)21(25)23(17)28;/h10,12-13,20H,7-9,11H2,1-6H3;1H2/t20-;/m0./s1/i2D3,3D3,4D3;. The summed E-state index contributed by atoms with van der Waals surface area (Å²) < 4.78 is 107. The molecular formula is C24H32FNO5S. The maximum Gasteiger partial charge on any atom is 0.228 e. The van der Waals surface area contributed by atoms with Gasteiger partial charge >= 0.3 is 0 Å². The van der Waals surface area contributed by atoms with E-state index in [1.165, 1.54) is 26.4 Å². The van der Waals surface area contributed by atoms with E-state index in [9.17, 15) is 9.59 Å². The number of carbonyl (C=O) groups is 1. The Morgan fingerprint density at radius 3 is 2.56 bits per heavy atom. The summed E-state index contributed by atoms with van der Waals surface area (Å²) >= 11 is 0. The van der Waals surface area contributed by atoms with Crippen LogP contribution in [0.3, 0.4) is 0 Å². The quantitative estimate of drug-likeness (QED) is 0.435. The van der Waals surface area contributed by atoms with Gasteiger partial charge in [-0.1, -0.05) is 20.6 Å². The van der Waals surface area contributed by atoms with Gasteiger partial charge in [0, 0.05) is 50.3 Å². The van der Waals surface area contributed by atoms with E-state index in [-0.39, 0.29) is 42.7 Å². The lowest BCUT2D eigenvalue weighted by molar-refractivity contribution is 0.101. The van der Waals surface area contributed by atoms with Crippen molar-refractivity contribution in [3.8, 4) is 22.8 Å². The maximum absolute atomic E-state index is 15.9. The van der Waals surface area contributed by atoms with Gasteiger partial charge in [-0.05, 0) is 36.5 Å². The number of hydrogen-bond donors (Lipinski definition) is 0. The Hall–Kier alpha value is -2.32. The van der Waals surface area contributed by atoms with E-state index in [1.807, 2.05) is 0 Å². The van der Waals surface area contributed by atoms with Crippen LogP contribution in [-0.4, -0.2) is 37.8 Å². The Kier molecular flexibility index (Phi) is 4.89. The molecule has 0 N–H and O–H groups in total. The maximum atomic E-state index is 15.9. The zero-order valence-corrected chi connectivity index (χ0v) is 19.0. The fraction of sp³-hybridized carbons (Fsp3) is 0.500. The third kappa shape index (κ3) is 4.86. The first-order valence-electron chi connectivity index (χ1n) is 14.1. The highest BCUT2D eigenvalue weighted by Gasteiger charge is 2.36. The van der Waals surface area contributed by atoms with Gasteiger partial charge in [0.05, 0.1) is 25.0 Å². The predicted molar refractivity (Wildman–Crippen MR) is 127 cm³/mol. The monoisotopic (exact) mass is 474 g/mol. The third-order valence-electron chi connectivity index (χ3n) is 5.20. The molecule has 2 heterocycles. The summed E-state index contributed by atoms with van der Waals surface area (Å²) in [6.07, 6.45) is 0.812. The van der Waals surface area contributed by atoms with Gasteiger partial charge in [-0.2, -0.15) is 13.5 Å². The summed E-state index contributed by atoms with van der Waals surface area (Å²) in [4.78, 5) is 25.1. The lowest BCUT2D eigenvalue weighted by atomic mass is 9.78. The van der Waals surface area contributed by atoms with Crippen molar-refractivity contribution in [2.75, 3.05) is 27.4 Å². The van der Waals surface area contributed by atoms with Crippen molar-refractivity contribution in [2.24, 2.45) is 5.41 Å². The van der Waals surface area contributed by atoms with Gasteiger partial charge < -0.3 is 18.8 Å². The number of benzene rings is 1. The van der Waals surface area contributed by atoms with Crippen molar-refractivity contribution in [2.45, 2.75) is 46.4 Å². The average Bonchev–Trinajstić information content (AvgIpc) is 2.80. The van der Waals surface area contributed by atoms with Crippen LogP contribution >= 0.6 is 13.5 Å². The molecule has 1 aromatic heterocycles. The minimum absolute atomic E-state index is 0. The van der Waals surface area contributed by atoms with E-state index in [0.29, 0.717) is 13.0 Å². The molecule has 2 aromatic rings. The molecule has 1 atom stereocenters. The number of pyridine rings is 1. The molecular weight excluding hydrogens is 433 g/mol. The molecule has 0 amide bonds. The van der Waals surface area contributed by atoms with Gasteiger partial charge in [-0.3, -0.25) is 9.59 Å². The fourth-order valence-electron chi connectivity index (χ4n) is 3.67. The van der Waals surface area contributed by atoms with E-state index in [2.05, 4.69) is 0 Å². The predicted octanol–water partition coefficient (Wildman–Crippen LogP) is 4.54. The van der Waals surface area contributed by atoms with Crippen molar-refractivity contribution in [1.82, 2.24) is 4.57 Å². The smallest absolute Gasteiger partial charge is 0.228 e. The Morgan fingerprint density at radius 1 is 1.25 bits per heavy atom. The lowest BCUT2D eigenvalue weighted by Gasteiger charge is -2.39. The van der Waals surface area contributed by atoms with Crippen LogP contribution in [0.5, 0.6) is 11.5 Å². The van der Waals surface area contributed by atoms with Crippen LogP contribution in [-0.2, 0) is 11.2 Å². The minimum Gasteiger partial charge on any atom is -0.493 e. The minimum atomic E-state index is -3.63. The number of halogens is 1.